The van der Waals surface area contributed by atoms with Crippen molar-refractivity contribution in [3.8, 4) is 11.1 Å². The first kappa shape index (κ1) is 18.0. The summed E-state index contributed by atoms with van der Waals surface area (Å²) in [6.45, 7) is 6.20. The summed E-state index contributed by atoms with van der Waals surface area (Å²) in [5.74, 6) is 0. The standard InChI is InChI=1S/C14H15N3.C8H8BrN/c1-9-14(10(2)17-8-16-9)12-4-3-11-5-6-15-13(11)7-12;9-7-2-1-6-3-4-10-8(6)5-7/h3-4,7-8,15H,5-6H2,1-2H3;1-2,5,10H,3-4H2. The van der Waals surface area contributed by atoms with Gasteiger partial charge in [0.05, 0.1) is 0 Å². The predicted octanol–water partition coefficient (Wildman–Crippen LogP) is 5.15. The molecule has 3 aromatic rings. The molecule has 2 aliphatic heterocycles. The fourth-order valence-electron chi connectivity index (χ4n) is 3.72. The van der Waals surface area contributed by atoms with E-state index >= 15 is 0 Å². The SMILES string of the molecule is Brc1ccc2c(c1)NCC2.Cc1ncnc(C)c1-c1ccc2c(c1)NCC2. The molecule has 4 nitrogen and oxygen atoms in total. The van der Waals surface area contributed by atoms with E-state index in [1.807, 2.05) is 13.8 Å². The van der Waals surface area contributed by atoms with Gasteiger partial charge in [0.1, 0.15) is 6.33 Å². The lowest BCUT2D eigenvalue weighted by Gasteiger charge is -2.09. The number of nitrogens with zero attached hydrogens (tertiary/aromatic N) is 2. The van der Waals surface area contributed by atoms with Gasteiger partial charge in [-0.2, -0.15) is 0 Å². The summed E-state index contributed by atoms with van der Waals surface area (Å²) in [5, 5.41) is 6.72. The van der Waals surface area contributed by atoms with E-state index in [2.05, 4.69) is 72.9 Å². The summed E-state index contributed by atoms with van der Waals surface area (Å²) in [7, 11) is 0. The quantitative estimate of drug-likeness (QED) is 0.569. The van der Waals surface area contributed by atoms with Crippen LogP contribution in [-0.2, 0) is 12.8 Å². The summed E-state index contributed by atoms with van der Waals surface area (Å²) in [6.07, 6.45) is 3.92. The maximum absolute atomic E-state index is 4.28. The molecular formula is C22H23BrN4. The van der Waals surface area contributed by atoms with Crippen LogP contribution in [-0.4, -0.2) is 23.1 Å². The van der Waals surface area contributed by atoms with Crippen molar-refractivity contribution < 1.29 is 0 Å². The molecule has 5 heteroatoms. The molecule has 2 aromatic carbocycles. The molecule has 0 bridgehead atoms. The monoisotopic (exact) mass is 422 g/mol. The molecule has 27 heavy (non-hydrogen) atoms. The van der Waals surface area contributed by atoms with E-state index in [9.17, 15) is 0 Å². The van der Waals surface area contributed by atoms with Crippen LogP contribution in [0.4, 0.5) is 11.4 Å². The number of anilines is 2. The number of nitrogens with one attached hydrogen (secondary N) is 2. The Bertz CT molecular complexity index is 964. The molecule has 0 saturated heterocycles. The molecular weight excluding hydrogens is 400 g/mol. The van der Waals surface area contributed by atoms with Crippen LogP contribution in [0.3, 0.4) is 0 Å². The molecule has 0 radical (unpaired) electrons. The minimum atomic E-state index is 1.04. The Morgan fingerprint density at radius 1 is 0.815 bits per heavy atom. The van der Waals surface area contributed by atoms with Gasteiger partial charge in [0.25, 0.3) is 0 Å². The fraction of sp³-hybridized carbons (Fsp3) is 0.273. The lowest BCUT2D eigenvalue weighted by molar-refractivity contribution is 1.06. The van der Waals surface area contributed by atoms with Crippen molar-refractivity contribution in [2.24, 2.45) is 0 Å². The van der Waals surface area contributed by atoms with E-state index in [1.165, 1.54) is 34.5 Å². The van der Waals surface area contributed by atoms with Gasteiger partial charge in [0.15, 0.2) is 0 Å². The Hall–Kier alpha value is -2.40. The molecule has 0 atom stereocenters. The number of halogens is 1. The molecule has 138 valence electrons. The summed E-state index contributed by atoms with van der Waals surface area (Å²) >= 11 is 3.42. The minimum Gasteiger partial charge on any atom is -0.384 e. The van der Waals surface area contributed by atoms with E-state index in [0.29, 0.717) is 0 Å². The van der Waals surface area contributed by atoms with E-state index < -0.39 is 0 Å². The molecule has 0 aliphatic carbocycles. The smallest absolute Gasteiger partial charge is 0.115 e. The topological polar surface area (TPSA) is 49.8 Å². The zero-order valence-electron chi connectivity index (χ0n) is 15.6. The number of aryl methyl sites for hydroxylation is 2. The Labute approximate surface area is 168 Å². The second-order valence-corrected chi connectivity index (χ2v) is 7.86. The summed E-state index contributed by atoms with van der Waals surface area (Å²) < 4.78 is 1.15. The largest absolute Gasteiger partial charge is 0.384 e. The number of hydrogen-bond acceptors (Lipinski definition) is 4. The van der Waals surface area contributed by atoms with Gasteiger partial charge in [-0.3, -0.25) is 0 Å². The average Bonchev–Trinajstić information content (AvgIpc) is 3.30. The zero-order chi connectivity index (χ0) is 18.8. The summed E-state index contributed by atoms with van der Waals surface area (Å²) in [5.41, 5.74) is 9.81. The lowest BCUT2D eigenvalue weighted by atomic mass is 10.0. The first-order valence-corrected chi connectivity index (χ1v) is 10.1. The van der Waals surface area contributed by atoms with Gasteiger partial charge in [-0.1, -0.05) is 34.1 Å². The first-order valence-electron chi connectivity index (χ1n) is 9.29. The predicted molar refractivity (Wildman–Crippen MR) is 115 cm³/mol. The Morgan fingerprint density at radius 2 is 1.41 bits per heavy atom. The third-order valence-corrected chi connectivity index (χ3v) is 5.61. The van der Waals surface area contributed by atoms with Crippen molar-refractivity contribution in [1.29, 1.82) is 0 Å². The van der Waals surface area contributed by atoms with Gasteiger partial charge in [-0.15, -0.1) is 0 Å². The van der Waals surface area contributed by atoms with Crippen molar-refractivity contribution in [1.82, 2.24) is 9.97 Å². The number of aromatic nitrogens is 2. The van der Waals surface area contributed by atoms with Crippen molar-refractivity contribution in [2.75, 3.05) is 23.7 Å². The maximum atomic E-state index is 4.28. The zero-order valence-corrected chi connectivity index (χ0v) is 17.2. The highest BCUT2D eigenvalue weighted by atomic mass is 79.9. The number of rotatable bonds is 1. The van der Waals surface area contributed by atoms with Crippen molar-refractivity contribution >= 4 is 27.3 Å². The molecule has 0 amide bonds. The van der Waals surface area contributed by atoms with Gasteiger partial charge in [-0.05, 0) is 61.6 Å². The highest BCUT2D eigenvalue weighted by Crippen LogP contribution is 2.31. The first-order chi connectivity index (χ1) is 13.1. The van der Waals surface area contributed by atoms with Gasteiger partial charge in [-0.25, -0.2) is 9.97 Å². The second kappa shape index (κ2) is 7.69. The van der Waals surface area contributed by atoms with Gasteiger partial charge >= 0.3 is 0 Å². The van der Waals surface area contributed by atoms with Crippen molar-refractivity contribution in [3.05, 3.63) is 69.7 Å². The molecule has 2 N–H and O–H groups in total. The van der Waals surface area contributed by atoms with Crippen molar-refractivity contribution in [2.45, 2.75) is 26.7 Å². The van der Waals surface area contributed by atoms with Gasteiger partial charge in [0.2, 0.25) is 0 Å². The lowest BCUT2D eigenvalue weighted by Crippen LogP contribution is -1.95. The normalized spacial score (nSPS) is 13.7. The molecule has 5 rings (SSSR count). The van der Waals surface area contributed by atoms with E-state index in [1.54, 1.807) is 6.33 Å². The van der Waals surface area contributed by atoms with Crippen molar-refractivity contribution in [3.63, 3.8) is 0 Å². The molecule has 2 aliphatic rings. The van der Waals surface area contributed by atoms with E-state index in [0.717, 1.165) is 40.9 Å². The van der Waals surface area contributed by atoms with Crippen LogP contribution in [0.25, 0.3) is 11.1 Å². The Morgan fingerprint density at radius 3 is 2.07 bits per heavy atom. The van der Waals surface area contributed by atoms with Crippen LogP contribution < -0.4 is 10.6 Å². The second-order valence-electron chi connectivity index (χ2n) is 6.95. The summed E-state index contributed by atoms with van der Waals surface area (Å²) in [6, 6.07) is 13.0. The number of benzene rings is 2. The average molecular weight is 423 g/mol. The highest BCUT2D eigenvalue weighted by Gasteiger charge is 2.13. The molecule has 0 unspecified atom stereocenters. The molecule has 1 aromatic heterocycles. The summed E-state index contributed by atoms with van der Waals surface area (Å²) in [4.78, 5) is 8.56. The van der Waals surface area contributed by atoms with E-state index in [-0.39, 0.29) is 0 Å². The van der Waals surface area contributed by atoms with Gasteiger partial charge < -0.3 is 10.6 Å². The highest BCUT2D eigenvalue weighted by molar-refractivity contribution is 9.10. The molecule has 3 heterocycles. The third kappa shape index (κ3) is 3.83. The van der Waals surface area contributed by atoms with Crippen LogP contribution >= 0.6 is 15.9 Å². The maximum Gasteiger partial charge on any atom is 0.115 e. The van der Waals surface area contributed by atoms with Crippen LogP contribution in [0.1, 0.15) is 22.5 Å². The van der Waals surface area contributed by atoms with Gasteiger partial charge in [0, 0.05) is 45.9 Å². The van der Waals surface area contributed by atoms with Crippen LogP contribution in [0.15, 0.2) is 47.2 Å². The fourth-order valence-corrected chi connectivity index (χ4v) is 4.08. The molecule has 0 fully saturated rings. The molecule has 0 saturated carbocycles. The minimum absolute atomic E-state index is 1.04. The van der Waals surface area contributed by atoms with Crippen LogP contribution in [0.2, 0.25) is 0 Å². The Balaban J connectivity index is 0.000000153. The number of hydrogen-bond donors (Lipinski definition) is 2. The van der Waals surface area contributed by atoms with Crippen LogP contribution in [0.5, 0.6) is 0 Å². The molecule has 0 spiro atoms. The third-order valence-electron chi connectivity index (χ3n) is 5.12. The Kier molecular flexibility index (Phi) is 5.12. The van der Waals surface area contributed by atoms with E-state index in [4.69, 9.17) is 0 Å². The van der Waals surface area contributed by atoms with Crippen LogP contribution in [0, 0.1) is 13.8 Å². The number of fused-ring (bicyclic) bond motifs is 2.